The molecule has 0 saturated carbocycles. The van der Waals surface area contributed by atoms with Crippen molar-refractivity contribution in [2.75, 3.05) is 0 Å². The molecule has 0 N–H and O–H groups in total. The third kappa shape index (κ3) is 2.38. The number of hydrogen-bond acceptors (Lipinski definition) is 3. The second-order valence-electron chi connectivity index (χ2n) is 4.24. The van der Waals surface area contributed by atoms with Crippen LogP contribution in [-0.4, -0.2) is 10.8 Å². The number of Topliss-reactive ketones (excluding diaryl/α,β-unsaturated/α-hetero) is 1. The zero-order valence-electron chi connectivity index (χ0n) is 10.3. The summed E-state index contributed by atoms with van der Waals surface area (Å²) < 4.78 is 0. The Bertz CT molecular complexity index is 613. The van der Waals surface area contributed by atoms with E-state index in [9.17, 15) is 4.79 Å². The zero-order chi connectivity index (χ0) is 13.0. The summed E-state index contributed by atoms with van der Waals surface area (Å²) in [5.41, 5.74) is 1.54. The number of carbonyl (C=O) groups excluding carboxylic acids is 1. The van der Waals surface area contributed by atoms with E-state index in [2.05, 4.69) is 11.1 Å². The molecular weight excluding hydrogens is 224 g/mol. The van der Waals surface area contributed by atoms with Gasteiger partial charge >= 0.3 is 0 Å². The number of nitriles is 1. The summed E-state index contributed by atoms with van der Waals surface area (Å²) in [4.78, 5) is 16.5. The Morgan fingerprint density at radius 3 is 3.00 bits per heavy atom. The monoisotopic (exact) mass is 238 g/mol. The summed E-state index contributed by atoms with van der Waals surface area (Å²) in [6.07, 6.45) is 2.70. The van der Waals surface area contributed by atoms with Gasteiger partial charge in [0.1, 0.15) is 0 Å². The molecule has 3 heteroatoms. The minimum absolute atomic E-state index is 0.0461. The second kappa shape index (κ2) is 5.42. The van der Waals surface area contributed by atoms with Crippen molar-refractivity contribution in [2.45, 2.75) is 19.8 Å². The van der Waals surface area contributed by atoms with Crippen molar-refractivity contribution >= 4 is 16.7 Å². The smallest absolute Gasteiger partial charge is 0.166 e. The maximum atomic E-state index is 12.2. The van der Waals surface area contributed by atoms with Crippen LogP contribution < -0.4 is 0 Å². The molecule has 0 radical (unpaired) electrons. The van der Waals surface area contributed by atoms with Crippen LogP contribution in [0.3, 0.4) is 0 Å². The molecule has 2 rings (SSSR count). The number of benzene rings is 1. The van der Waals surface area contributed by atoms with Gasteiger partial charge in [0.15, 0.2) is 5.78 Å². The molecule has 1 atom stereocenters. The lowest BCUT2D eigenvalue weighted by Crippen LogP contribution is -2.13. The minimum atomic E-state index is -0.205. The van der Waals surface area contributed by atoms with Gasteiger partial charge in [-0.3, -0.25) is 9.78 Å². The van der Waals surface area contributed by atoms with E-state index in [1.54, 1.807) is 12.3 Å². The molecule has 0 bridgehead atoms. The first-order valence-electron chi connectivity index (χ1n) is 6.02. The highest BCUT2D eigenvalue weighted by molar-refractivity contribution is 6.00. The third-order valence-corrected chi connectivity index (χ3v) is 3.09. The van der Waals surface area contributed by atoms with E-state index in [0.29, 0.717) is 12.0 Å². The molecule has 0 amide bonds. The van der Waals surface area contributed by atoms with Gasteiger partial charge in [0, 0.05) is 29.5 Å². The van der Waals surface area contributed by atoms with E-state index in [1.165, 1.54) is 0 Å². The van der Waals surface area contributed by atoms with E-state index in [-0.39, 0.29) is 18.1 Å². The van der Waals surface area contributed by atoms with Crippen LogP contribution in [0, 0.1) is 17.2 Å². The molecule has 1 unspecified atom stereocenters. The summed E-state index contributed by atoms with van der Waals surface area (Å²) in [5.74, 6) is -0.158. The van der Waals surface area contributed by atoms with Crippen LogP contribution in [0.1, 0.15) is 30.1 Å². The number of pyridine rings is 1. The number of fused-ring (bicyclic) bond motifs is 1. The number of carbonyl (C=O) groups is 1. The topological polar surface area (TPSA) is 53.8 Å². The Balaban J connectivity index is 2.36. The van der Waals surface area contributed by atoms with Gasteiger partial charge in [-0.2, -0.15) is 5.26 Å². The first kappa shape index (κ1) is 12.3. The van der Waals surface area contributed by atoms with Gasteiger partial charge in [-0.05, 0) is 30.7 Å². The Labute approximate surface area is 106 Å². The van der Waals surface area contributed by atoms with Crippen molar-refractivity contribution in [3.63, 3.8) is 0 Å². The Hall–Kier alpha value is -2.21. The fourth-order valence-corrected chi connectivity index (χ4v) is 2.00. The fourth-order valence-electron chi connectivity index (χ4n) is 2.00. The lowest BCUT2D eigenvalue weighted by Gasteiger charge is -2.10. The molecule has 0 fully saturated rings. The molecular formula is C15H14N2O. The van der Waals surface area contributed by atoms with Crippen LogP contribution in [0.4, 0.5) is 0 Å². The quantitative estimate of drug-likeness (QED) is 0.767. The van der Waals surface area contributed by atoms with Crippen LogP contribution >= 0.6 is 0 Å². The number of nitrogens with zero attached hydrogens (tertiary/aromatic N) is 2. The van der Waals surface area contributed by atoms with Gasteiger partial charge in [0.05, 0.1) is 11.6 Å². The van der Waals surface area contributed by atoms with Crippen molar-refractivity contribution < 1.29 is 4.79 Å². The SMILES string of the molecule is CCC(CC#N)C(=O)c1ccc2ncccc2c1. The van der Waals surface area contributed by atoms with E-state index >= 15 is 0 Å². The highest BCUT2D eigenvalue weighted by Crippen LogP contribution is 2.19. The number of hydrogen-bond donors (Lipinski definition) is 0. The minimum Gasteiger partial charge on any atom is -0.294 e. The molecule has 3 nitrogen and oxygen atoms in total. The summed E-state index contributed by atoms with van der Waals surface area (Å²) in [7, 11) is 0. The normalized spacial score (nSPS) is 12.0. The van der Waals surface area contributed by atoms with Crippen molar-refractivity contribution in [3.05, 3.63) is 42.1 Å². The standard InChI is InChI=1S/C15H14N2O/c1-2-11(7-8-16)15(18)13-5-6-14-12(10-13)4-3-9-17-14/h3-6,9-11H,2,7H2,1H3. The maximum Gasteiger partial charge on any atom is 0.166 e. The van der Waals surface area contributed by atoms with Crippen molar-refractivity contribution in [2.24, 2.45) is 5.92 Å². The summed E-state index contributed by atoms with van der Waals surface area (Å²) >= 11 is 0. The fraction of sp³-hybridized carbons (Fsp3) is 0.267. The Kier molecular flexibility index (Phi) is 3.69. The number of ketones is 1. The predicted molar refractivity (Wildman–Crippen MR) is 70.1 cm³/mol. The molecule has 90 valence electrons. The first-order chi connectivity index (χ1) is 8.76. The van der Waals surface area contributed by atoms with Crippen molar-refractivity contribution in [1.82, 2.24) is 4.98 Å². The van der Waals surface area contributed by atoms with Crippen molar-refractivity contribution in [3.8, 4) is 6.07 Å². The molecule has 2 aromatic rings. The average molecular weight is 238 g/mol. The Morgan fingerprint density at radius 1 is 1.44 bits per heavy atom. The number of rotatable bonds is 4. The van der Waals surface area contributed by atoms with Gasteiger partial charge in [-0.15, -0.1) is 0 Å². The molecule has 0 saturated heterocycles. The van der Waals surface area contributed by atoms with E-state index < -0.39 is 0 Å². The zero-order valence-corrected chi connectivity index (χ0v) is 10.3. The molecule has 0 spiro atoms. The van der Waals surface area contributed by atoms with Crippen LogP contribution in [0.5, 0.6) is 0 Å². The molecule has 0 aliphatic carbocycles. The Morgan fingerprint density at radius 2 is 2.28 bits per heavy atom. The number of aromatic nitrogens is 1. The van der Waals surface area contributed by atoms with Gasteiger partial charge in [-0.1, -0.05) is 13.0 Å². The lowest BCUT2D eigenvalue weighted by molar-refractivity contribution is 0.0919. The molecule has 1 heterocycles. The van der Waals surface area contributed by atoms with E-state index in [0.717, 1.165) is 10.9 Å². The van der Waals surface area contributed by atoms with Crippen LogP contribution in [0.15, 0.2) is 36.5 Å². The second-order valence-corrected chi connectivity index (χ2v) is 4.24. The summed E-state index contributed by atoms with van der Waals surface area (Å²) in [6, 6.07) is 11.3. The largest absolute Gasteiger partial charge is 0.294 e. The molecule has 1 aromatic carbocycles. The van der Waals surface area contributed by atoms with Gasteiger partial charge < -0.3 is 0 Å². The highest BCUT2D eigenvalue weighted by atomic mass is 16.1. The lowest BCUT2D eigenvalue weighted by atomic mass is 9.92. The van der Waals surface area contributed by atoms with E-state index in [4.69, 9.17) is 5.26 Å². The van der Waals surface area contributed by atoms with Crippen LogP contribution in [0.25, 0.3) is 10.9 Å². The van der Waals surface area contributed by atoms with Crippen molar-refractivity contribution in [1.29, 1.82) is 5.26 Å². The molecule has 0 aliphatic rings. The molecule has 1 aromatic heterocycles. The maximum absolute atomic E-state index is 12.2. The van der Waals surface area contributed by atoms with Gasteiger partial charge in [0.2, 0.25) is 0 Å². The predicted octanol–water partition coefficient (Wildman–Crippen LogP) is 3.36. The van der Waals surface area contributed by atoms with Crippen LogP contribution in [-0.2, 0) is 0 Å². The molecule has 18 heavy (non-hydrogen) atoms. The summed E-state index contributed by atoms with van der Waals surface area (Å²) in [5, 5.41) is 9.68. The first-order valence-corrected chi connectivity index (χ1v) is 6.02. The van der Waals surface area contributed by atoms with Gasteiger partial charge in [-0.25, -0.2) is 0 Å². The van der Waals surface area contributed by atoms with E-state index in [1.807, 2.05) is 31.2 Å². The summed E-state index contributed by atoms with van der Waals surface area (Å²) in [6.45, 7) is 1.93. The highest BCUT2D eigenvalue weighted by Gasteiger charge is 2.18. The molecule has 0 aliphatic heterocycles. The van der Waals surface area contributed by atoms with Crippen LogP contribution in [0.2, 0.25) is 0 Å². The van der Waals surface area contributed by atoms with Gasteiger partial charge in [0.25, 0.3) is 0 Å². The third-order valence-electron chi connectivity index (χ3n) is 3.09. The average Bonchev–Trinajstić information content (AvgIpc) is 2.43.